The number of nitrogens with zero attached hydrogens (tertiary/aromatic N) is 3. The minimum Gasteiger partial charge on any atom is -0.494 e. The monoisotopic (exact) mass is 462 g/mol. The molecule has 0 amide bonds. The lowest BCUT2D eigenvalue weighted by atomic mass is 10.2. The molecule has 0 spiro atoms. The number of hydrogen-bond acceptors (Lipinski definition) is 6. The molecule has 0 saturated carbocycles. The van der Waals surface area contributed by atoms with Gasteiger partial charge in [0.2, 0.25) is 5.95 Å². The topological polar surface area (TPSA) is 87.5 Å². The molecule has 1 saturated heterocycles. The van der Waals surface area contributed by atoms with E-state index in [-0.39, 0.29) is 11.9 Å². The predicted octanol–water partition coefficient (Wildman–Crippen LogP) is 4.07. The first-order valence-electron chi connectivity index (χ1n) is 9.78. The normalized spacial score (nSPS) is 16.8. The number of aromatic nitrogens is 3. The third-order valence-electron chi connectivity index (χ3n) is 4.92. The van der Waals surface area contributed by atoms with Crippen LogP contribution in [0, 0.1) is 0 Å². The van der Waals surface area contributed by atoms with Crippen molar-refractivity contribution in [3.63, 3.8) is 0 Å². The lowest BCUT2D eigenvalue weighted by Crippen LogP contribution is -2.15. The molecule has 1 fully saturated rings. The lowest BCUT2D eigenvalue weighted by molar-refractivity contribution is 0.103. The largest absolute Gasteiger partial charge is 0.494 e. The van der Waals surface area contributed by atoms with E-state index < -0.39 is 11.0 Å². The van der Waals surface area contributed by atoms with Crippen LogP contribution >= 0.6 is 11.6 Å². The number of methoxy groups -OCH3 is 2. The van der Waals surface area contributed by atoms with E-state index in [1.165, 1.54) is 0 Å². The zero-order valence-electron chi connectivity index (χ0n) is 17.2. The lowest BCUT2D eigenvalue weighted by Gasteiger charge is -2.19. The van der Waals surface area contributed by atoms with Gasteiger partial charge in [-0.2, -0.15) is 0 Å². The van der Waals surface area contributed by atoms with Gasteiger partial charge in [-0.05, 0) is 42.7 Å². The highest BCUT2D eigenvalue weighted by Crippen LogP contribution is 2.38. The quantitative estimate of drug-likeness (QED) is 0.543. The van der Waals surface area contributed by atoms with Crippen LogP contribution in [0.1, 0.15) is 30.3 Å². The van der Waals surface area contributed by atoms with Crippen LogP contribution in [0.4, 0.5) is 5.95 Å². The standard InChI is InChI=1S/C21H23ClN4O4S/c1-28-16-8-4-9-17(29-2)19(16)26-20(18-10-5-11-30-18)23-24-21(26)25-31(27)13-14-6-3-7-15(22)12-14/h3-4,6-9,12,18H,5,10-11,13H2,1-2H3,(H,24,25). The van der Waals surface area contributed by atoms with Gasteiger partial charge in [0, 0.05) is 11.6 Å². The summed E-state index contributed by atoms with van der Waals surface area (Å²) in [5.74, 6) is 2.31. The van der Waals surface area contributed by atoms with Crippen molar-refractivity contribution >= 4 is 28.5 Å². The van der Waals surface area contributed by atoms with Gasteiger partial charge in [-0.3, -0.25) is 9.29 Å². The molecule has 1 N–H and O–H groups in total. The molecule has 8 nitrogen and oxygen atoms in total. The Morgan fingerprint density at radius 3 is 2.58 bits per heavy atom. The van der Waals surface area contributed by atoms with Gasteiger partial charge in [0.1, 0.15) is 34.3 Å². The summed E-state index contributed by atoms with van der Waals surface area (Å²) in [6, 6.07) is 12.7. The van der Waals surface area contributed by atoms with Crippen molar-refractivity contribution in [3.05, 3.63) is 58.9 Å². The molecule has 1 aliphatic heterocycles. The summed E-state index contributed by atoms with van der Waals surface area (Å²) < 4.78 is 34.7. The maximum atomic E-state index is 12.9. The molecule has 2 aromatic carbocycles. The van der Waals surface area contributed by atoms with E-state index in [0.717, 1.165) is 18.4 Å². The van der Waals surface area contributed by atoms with Crippen molar-refractivity contribution in [1.82, 2.24) is 14.8 Å². The summed E-state index contributed by atoms with van der Waals surface area (Å²) in [5.41, 5.74) is 1.46. The number of benzene rings is 2. The van der Waals surface area contributed by atoms with Crippen molar-refractivity contribution in [1.29, 1.82) is 0 Å². The second-order valence-electron chi connectivity index (χ2n) is 6.95. The van der Waals surface area contributed by atoms with Crippen LogP contribution in [0.5, 0.6) is 11.5 Å². The highest BCUT2D eigenvalue weighted by molar-refractivity contribution is 7.85. The molecule has 4 rings (SSSR count). The Balaban J connectivity index is 1.73. The fourth-order valence-electron chi connectivity index (χ4n) is 3.54. The summed E-state index contributed by atoms with van der Waals surface area (Å²) in [6.07, 6.45) is 1.53. The maximum absolute atomic E-state index is 12.9. The van der Waals surface area contributed by atoms with E-state index in [9.17, 15) is 4.21 Å². The van der Waals surface area contributed by atoms with Crippen LogP contribution < -0.4 is 14.2 Å². The van der Waals surface area contributed by atoms with E-state index in [1.807, 2.05) is 30.3 Å². The number of rotatable bonds is 8. The van der Waals surface area contributed by atoms with Gasteiger partial charge < -0.3 is 14.2 Å². The Morgan fingerprint density at radius 2 is 1.94 bits per heavy atom. The van der Waals surface area contributed by atoms with Crippen LogP contribution in [-0.4, -0.2) is 39.8 Å². The predicted molar refractivity (Wildman–Crippen MR) is 119 cm³/mol. The number of anilines is 1. The Hall–Kier alpha value is -2.62. The molecule has 0 aliphatic carbocycles. The van der Waals surface area contributed by atoms with Crippen LogP contribution in [0.2, 0.25) is 5.02 Å². The molecule has 164 valence electrons. The van der Waals surface area contributed by atoms with Crippen molar-refractivity contribution in [2.75, 3.05) is 25.5 Å². The van der Waals surface area contributed by atoms with Crippen molar-refractivity contribution < 1.29 is 18.4 Å². The molecule has 0 radical (unpaired) electrons. The summed E-state index contributed by atoms with van der Waals surface area (Å²) in [5, 5.41) is 9.23. The molecular weight excluding hydrogens is 440 g/mol. The Kier molecular flexibility index (Phi) is 6.74. The molecule has 2 heterocycles. The summed E-state index contributed by atoms with van der Waals surface area (Å²) in [6.45, 7) is 0.657. The number of halogens is 1. The first kappa shape index (κ1) is 21.6. The number of nitrogens with one attached hydrogen (secondary N) is 1. The van der Waals surface area contributed by atoms with Gasteiger partial charge in [0.05, 0.1) is 20.0 Å². The number of hydrogen-bond donors (Lipinski definition) is 1. The van der Waals surface area contributed by atoms with Crippen LogP contribution in [-0.2, 0) is 21.5 Å². The van der Waals surface area contributed by atoms with E-state index in [2.05, 4.69) is 14.9 Å². The van der Waals surface area contributed by atoms with Gasteiger partial charge in [-0.1, -0.05) is 29.8 Å². The Bertz CT molecular complexity index is 1060. The van der Waals surface area contributed by atoms with Gasteiger partial charge in [0.15, 0.2) is 5.82 Å². The van der Waals surface area contributed by atoms with E-state index in [4.69, 9.17) is 25.8 Å². The van der Waals surface area contributed by atoms with E-state index in [0.29, 0.717) is 40.6 Å². The smallest absolute Gasteiger partial charge is 0.241 e. The van der Waals surface area contributed by atoms with E-state index >= 15 is 0 Å². The zero-order chi connectivity index (χ0) is 21.8. The summed E-state index contributed by atoms with van der Waals surface area (Å²) >= 11 is 6.05. The summed E-state index contributed by atoms with van der Waals surface area (Å²) in [4.78, 5) is 0. The fourth-order valence-corrected chi connectivity index (χ4v) is 4.64. The molecule has 31 heavy (non-hydrogen) atoms. The van der Waals surface area contributed by atoms with Crippen molar-refractivity contribution in [3.8, 4) is 17.2 Å². The highest BCUT2D eigenvalue weighted by Gasteiger charge is 2.29. The van der Waals surface area contributed by atoms with Crippen LogP contribution in [0.3, 0.4) is 0 Å². The third-order valence-corrected chi connectivity index (χ3v) is 6.16. The third kappa shape index (κ3) is 4.68. The summed E-state index contributed by atoms with van der Waals surface area (Å²) in [7, 11) is 1.69. The molecule has 0 bridgehead atoms. The number of ether oxygens (including phenoxy) is 3. The first-order chi connectivity index (χ1) is 15.1. The van der Waals surface area contributed by atoms with Crippen LogP contribution in [0.15, 0.2) is 42.5 Å². The minimum atomic E-state index is -1.47. The molecule has 3 aromatic rings. The maximum Gasteiger partial charge on any atom is 0.241 e. The second-order valence-corrected chi connectivity index (χ2v) is 8.57. The molecule has 1 aromatic heterocycles. The average Bonchev–Trinajstić information content (AvgIpc) is 3.43. The Labute approximate surface area is 188 Å². The minimum absolute atomic E-state index is 0.223. The van der Waals surface area contributed by atoms with E-state index in [1.54, 1.807) is 30.9 Å². The molecule has 2 atom stereocenters. The molecule has 1 aliphatic rings. The van der Waals surface area contributed by atoms with Crippen molar-refractivity contribution in [2.45, 2.75) is 24.7 Å². The average molecular weight is 463 g/mol. The number of para-hydroxylation sites is 1. The van der Waals surface area contributed by atoms with Gasteiger partial charge >= 0.3 is 0 Å². The molecular formula is C21H23ClN4O4S. The Morgan fingerprint density at radius 1 is 1.19 bits per heavy atom. The zero-order valence-corrected chi connectivity index (χ0v) is 18.8. The van der Waals surface area contributed by atoms with Crippen molar-refractivity contribution in [2.24, 2.45) is 0 Å². The molecule has 2 unspecified atom stereocenters. The van der Waals surface area contributed by atoms with Crippen LogP contribution in [0.25, 0.3) is 5.69 Å². The van der Waals surface area contributed by atoms with Gasteiger partial charge in [-0.25, -0.2) is 4.21 Å². The fraction of sp³-hybridized carbons (Fsp3) is 0.333. The van der Waals surface area contributed by atoms with Gasteiger partial charge in [0.25, 0.3) is 0 Å². The van der Waals surface area contributed by atoms with Gasteiger partial charge in [-0.15, -0.1) is 10.2 Å². The highest BCUT2D eigenvalue weighted by atomic mass is 35.5. The first-order valence-corrected chi connectivity index (χ1v) is 11.5. The second kappa shape index (κ2) is 9.67. The SMILES string of the molecule is COc1cccc(OC)c1-n1c(NS(=O)Cc2cccc(Cl)c2)nnc1C1CCCO1. The molecule has 10 heteroatoms.